The fourth-order valence-corrected chi connectivity index (χ4v) is 2.35. The molecule has 0 aliphatic rings. The summed E-state index contributed by atoms with van der Waals surface area (Å²) in [5, 5.41) is 0. The van der Waals surface area contributed by atoms with Gasteiger partial charge < -0.3 is 4.42 Å². The van der Waals surface area contributed by atoms with Gasteiger partial charge in [0.05, 0.1) is 4.90 Å². The maximum Gasteiger partial charge on any atom is 0.294 e. The second-order valence-electron chi connectivity index (χ2n) is 3.78. The number of carbonyl (C=O) groups excluding carboxylic acids is 1. The highest BCUT2D eigenvalue weighted by Gasteiger charge is 2.15. The van der Waals surface area contributed by atoms with E-state index >= 15 is 0 Å². The molecule has 2 rings (SSSR count). The Labute approximate surface area is 104 Å². The van der Waals surface area contributed by atoms with Gasteiger partial charge in [-0.25, -0.2) is 0 Å². The molecule has 1 aromatic carbocycles. The van der Waals surface area contributed by atoms with E-state index in [4.69, 9.17) is 8.97 Å². The summed E-state index contributed by atoms with van der Waals surface area (Å²) in [4.78, 5) is 10.3. The Bertz CT molecular complexity index is 697. The molecule has 6 heteroatoms. The fourth-order valence-electron chi connectivity index (χ4n) is 1.60. The zero-order valence-electron chi connectivity index (χ0n) is 9.45. The van der Waals surface area contributed by atoms with Crippen LogP contribution < -0.4 is 0 Å². The predicted octanol–water partition coefficient (Wildman–Crippen LogP) is 2.31. The molecule has 18 heavy (non-hydrogen) atoms. The minimum atomic E-state index is -4.27. The van der Waals surface area contributed by atoms with Gasteiger partial charge in [0.15, 0.2) is 12.0 Å². The van der Waals surface area contributed by atoms with E-state index < -0.39 is 10.1 Å². The van der Waals surface area contributed by atoms with E-state index in [2.05, 4.69) is 0 Å². The molecule has 0 fully saturated rings. The second kappa shape index (κ2) is 4.40. The summed E-state index contributed by atoms with van der Waals surface area (Å²) in [5.41, 5.74) is 0.907. The minimum absolute atomic E-state index is 0.152. The van der Waals surface area contributed by atoms with Crippen molar-refractivity contribution in [1.29, 1.82) is 0 Å². The smallest absolute Gasteiger partial charge is 0.294 e. The van der Waals surface area contributed by atoms with E-state index in [1.807, 2.05) is 0 Å². The number of rotatable bonds is 3. The predicted molar refractivity (Wildman–Crippen MR) is 64.1 cm³/mol. The van der Waals surface area contributed by atoms with Crippen LogP contribution in [0, 0.1) is 6.92 Å². The van der Waals surface area contributed by atoms with Crippen molar-refractivity contribution in [1.82, 2.24) is 0 Å². The number of aryl methyl sites for hydroxylation is 1. The number of aldehydes is 1. The van der Waals surface area contributed by atoms with Gasteiger partial charge in [-0.05, 0) is 30.7 Å². The average molecular weight is 266 g/mol. The third-order valence-electron chi connectivity index (χ3n) is 2.49. The van der Waals surface area contributed by atoms with Crippen LogP contribution in [0.4, 0.5) is 0 Å². The van der Waals surface area contributed by atoms with Crippen molar-refractivity contribution in [3.8, 4) is 11.3 Å². The Morgan fingerprint density at radius 1 is 1.22 bits per heavy atom. The molecule has 0 aliphatic heterocycles. The van der Waals surface area contributed by atoms with E-state index in [0.717, 1.165) is 0 Å². The van der Waals surface area contributed by atoms with Crippen molar-refractivity contribution in [2.75, 3.05) is 0 Å². The van der Waals surface area contributed by atoms with Crippen LogP contribution in [-0.4, -0.2) is 19.3 Å². The molecule has 0 aliphatic carbocycles. The zero-order chi connectivity index (χ0) is 13.3. The largest absolute Gasteiger partial charge is 0.453 e. The van der Waals surface area contributed by atoms with Crippen molar-refractivity contribution >= 4 is 16.4 Å². The maximum atomic E-state index is 11.2. The molecule has 0 spiro atoms. The fraction of sp³-hybridized carbons (Fsp3) is 0.0833. The standard InChI is InChI=1S/C12H10O5S/c1-8-2-3-9(6-12(8)18(14,15)16)11-5-4-10(7-13)17-11/h2-7H,1H3,(H,14,15,16). The molecular weight excluding hydrogens is 256 g/mol. The molecule has 2 aromatic rings. The van der Waals surface area contributed by atoms with E-state index in [-0.39, 0.29) is 10.7 Å². The highest BCUT2D eigenvalue weighted by atomic mass is 32.2. The molecule has 0 saturated heterocycles. The molecule has 0 radical (unpaired) electrons. The molecule has 0 atom stereocenters. The summed E-state index contributed by atoms with van der Waals surface area (Å²) < 4.78 is 36.6. The van der Waals surface area contributed by atoms with Gasteiger partial charge >= 0.3 is 0 Å². The lowest BCUT2D eigenvalue weighted by Gasteiger charge is -2.04. The SMILES string of the molecule is Cc1ccc(-c2ccc(C=O)o2)cc1S(=O)(=O)O. The molecule has 0 unspecified atom stereocenters. The summed E-state index contributed by atoms with van der Waals surface area (Å²) >= 11 is 0. The maximum absolute atomic E-state index is 11.2. The van der Waals surface area contributed by atoms with Gasteiger partial charge in [-0.2, -0.15) is 8.42 Å². The monoisotopic (exact) mass is 266 g/mol. The average Bonchev–Trinajstić information content (AvgIpc) is 2.76. The Balaban J connectivity index is 2.57. The zero-order valence-corrected chi connectivity index (χ0v) is 10.3. The molecule has 94 valence electrons. The molecule has 0 bridgehead atoms. The summed E-state index contributed by atoms with van der Waals surface area (Å²) in [6.45, 7) is 1.58. The first-order chi connectivity index (χ1) is 8.41. The lowest BCUT2D eigenvalue weighted by molar-refractivity contribution is 0.110. The lowest BCUT2D eigenvalue weighted by Crippen LogP contribution is -2.00. The molecule has 0 saturated carbocycles. The van der Waals surface area contributed by atoms with Crippen LogP contribution in [0.2, 0.25) is 0 Å². The van der Waals surface area contributed by atoms with Gasteiger partial charge in [0.2, 0.25) is 0 Å². The first-order valence-corrected chi connectivity index (χ1v) is 6.49. The summed E-state index contributed by atoms with van der Waals surface area (Å²) in [6, 6.07) is 7.55. The number of hydrogen-bond acceptors (Lipinski definition) is 4. The van der Waals surface area contributed by atoms with Gasteiger partial charge in [0, 0.05) is 5.56 Å². The second-order valence-corrected chi connectivity index (χ2v) is 5.17. The van der Waals surface area contributed by atoms with Crippen molar-refractivity contribution in [3.05, 3.63) is 41.7 Å². The van der Waals surface area contributed by atoms with E-state index in [1.165, 1.54) is 12.1 Å². The van der Waals surface area contributed by atoms with Crippen LogP contribution in [0.5, 0.6) is 0 Å². The highest BCUT2D eigenvalue weighted by molar-refractivity contribution is 7.85. The Hall–Kier alpha value is -1.92. The molecule has 5 nitrogen and oxygen atoms in total. The third-order valence-corrected chi connectivity index (χ3v) is 3.49. The van der Waals surface area contributed by atoms with Gasteiger partial charge in [-0.15, -0.1) is 0 Å². The lowest BCUT2D eigenvalue weighted by atomic mass is 10.1. The topological polar surface area (TPSA) is 84.6 Å². The summed E-state index contributed by atoms with van der Waals surface area (Å²) in [7, 11) is -4.27. The number of benzene rings is 1. The Morgan fingerprint density at radius 2 is 1.94 bits per heavy atom. The molecule has 1 aromatic heterocycles. The number of hydrogen-bond donors (Lipinski definition) is 1. The molecule has 0 amide bonds. The van der Waals surface area contributed by atoms with Crippen molar-refractivity contribution in [3.63, 3.8) is 0 Å². The van der Waals surface area contributed by atoms with Crippen LogP contribution in [-0.2, 0) is 10.1 Å². The van der Waals surface area contributed by atoms with Crippen LogP contribution in [0.1, 0.15) is 16.1 Å². The van der Waals surface area contributed by atoms with Gasteiger partial charge in [0.25, 0.3) is 10.1 Å². The molecular formula is C12H10O5S. The van der Waals surface area contributed by atoms with Crippen LogP contribution in [0.25, 0.3) is 11.3 Å². The van der Waals surface area contributed by atoms with Crippen LogP contribution in [0.3, 0.4) is 0 Å². The van der Waals surface area contributed by atoms with Gasteiger partial charge in [0.1, 0.15) is 5.76 Å². The van der Waals surface area contributed by atoms with Crippen molar-refractivity contribution in [2.24, 2.45) is 0 Å². The highest BCUT2D eigenvalue weighted by Crippen LogP contribution is 2.26. The van der Waals surface area contributed by atoms with Crippen LogP contribution >= 0.6 is 0 Å². The van der Waals surface area contributed by atoms with Gasteiger partial charge in [-0.3, -0.25) is 9.35 Å². The Morgan fingerprint density at radius 3 is 2.50 bits per heavy atom. The number of furan rings is 1. The molecule has 1 N–H and O–H groups in total. The first-order valence-electron chi connectivity index (χ1n) is 5.05. The first kappa shape index (κ1) is 12.5. The molecule has 1 heterocycles. The van der Waals surface area contributed by atoms with E-state index in [0.29, 0.717) is 23.2 Å². The van der Waals surface area contributed by atoms with Crippen LogP contribution in [0.15, 0.2) is 39.6 Å². The normalized spacial score (nSPS) is 11.4. The quantitative estimate of drug-likeness (QED) is 0.680. The number of carbonyl (C=O) groups is 1. The minimum Gasteiger partial charge on any atom is -0.453 e. The van der Waals surface area contributed by atoms with E-state index in [9.17, 15) is 13.2 Å². The van der Waals surface area contributed by atoms with Crippen molar-refractivity contribution in [2.45, 2.75) is 11.8 Å². The van der Waals surface area contributed by atoms with Gasteiger partial charge in [-0.1, -0.05) is 12.1 Å². The third kappa shape index (κ3) is 2.34. The van der Waals surface area contributed by atoms with E-state index in [1.54, 1.807) is 25.1 Å². The summed E-state index contributed by atoms with van der Waals surface area (Å²) in [6.07, 6.45) is 0.557. The van der Waals surface area contributed by atoms with Crippen molar-refractivity contribution < 1.29 is 22.2 Å². The Kier molecular flexibility index (Phi) is 3.06. The summed E-state index contributed by atoms with van der Waals surface area (Å²) in [5.74, 6) is 0.515.